The van der Waals surface area contributed by atoms with Gasteiger partial charge in [-0.05, 0) is 43.4 Å². The minimum absolute atomic E-state index is 0.0148. The Morgan fingerprint density at radius 2 is 1.61 bits per heavy atom. The first-order chi connectivity index (χ1) is 16.1. The van der Waals surface area contributed by atoms with E-state index in [9.17, 15) is 14.4 Å². The lowest BCUT2D eigenvalue weighted by Gasteiger charge is -2.32. The highest BCUT2D eigenvalue weighted by molar-refractivity contribution is 6.05. The molecule has 3 aliphatic rings. The van der Waals surface area contributed by atoms with Gasteiger partial charge in [-0.15, -0.1) is 0 Å². The largest absolute Gasteiger partial charge is 0.343 e. The van der Waals surface area contributed by atoms with Crippen molar-refractivity contribution in [3.63, 3.8) is 0 Å². The Labute approximate surface area is 193 Å². The van der Waals surface area contributed by atoms with Crippen molar-refractivity contribution in [1.29, 1.82) is 0 Å². The van der Waals surface area contributed by atoms with Gasteiger partial charge in [-0.2, -0.15) is 0 Å². The number of carbonyl (C=O) groups is 3. The summed E-state index contributed by atoms with van der Waals surface area (Å²) in [6, 6.07) is 3.91. The number of amides is 3. The second kappa shape index (κ2) is 9.37. The molecule has 0 N–H and O–H groups in total. The van der Waals surface area contributed by atoms with Gasteiger partial charge in [-0.1, -0.05) is 12.8 Å². The number of pyridine rings is 1. The Morgan fingerprint density at radius 3 is 2.27 bits per heavy atom. The predicted octanol–water partition coefficient (Wildman–Crippen LogP) is 2.81. The summed E-state index contributed by atoms with van der Waals surface area (Å²) in [5.74, 6) is -0.169. The van der Waals surface area contributed by atoms with Gasteiger partial charge in [0.25, 0.3) is 0 Å². The Kier molecular flexibility index (Phi) is 6.15. The molecule has 8 nitrogen and oxygen atoms in total. The third-order valence-corrected chi connectivity index (χ3v) is 7.45. The van der Waals surface area contributed by atoms with Crippen molar-refractivity contribution in [2.24, 2.45) is 11.8 Å². The highest BCUT2D eigenvalue weighted by atomic mass is 16.2. The average molecular weight is 448 g/mol. The van der Waals surface area contributed by atoms with E-state index in [1.807, 2.05) is 23.2 Å². The predicted molar refractivity (Wildman–Crippen MR) is 121 cm³/mol. The smallest absolute Gasteiger partial charge is 0.233 e. The lowest BCUT2D eigenvalue weighted by Crippen LogP contribution is -2.41. The third-order valence-electron chi connectivity index (χ3n) is 7.45. The molecule has 0 spiro atoms. The average Bonchev–Trinajstić information content (AvgIpc) is 3.12. The monoisotopic (exact) mass is 447 g/mol. The molecule has 5 rings (SSSR count). The third kappa shape index (κ3) is 4.26. The molecule has 0 radical (unpaired) electrons. The van der Waals surface area contributed by atoms with Crippen LogP contribution >= 0.6 is 0 Å². The normalized spacial score (nSPS) is 23.6. The van der Waals surface area contributed by atoms with Crippen molar-refractivity contribution < 1.29 is 14.4 Å². The van der Waals surface area contributed by atoms with Gasteiger partial charge in [0.2, 0.25) is 17.7 Å². The summed E-state index contributed by atoms with van der Waals surface area (Å²) in [6.45, 7) is 1.51. The van der Waals surface area contributed by atoms with Gasteiger partial charge in [0, 0.05) is 56.1 Å². The van der Waals surface area contributed by atoms with Crippen LogP contribution in [0.3, 0.4) is 0 Å². The molecule has 2 atom stereocenters. The number of carbonyl (C=O) groups excluding carboxylic acids is 3. The van der Waals surface area contributed by atoms with E-state index in [0.29, 0.717) is 13.1 Å². The SMILES string of the molecule is O=C(CCN1C(=O)[C@H]2CCCC[C@H]2C1=O)N1CCC(c2ncncc2-c2ccncc2)CC1. The fourth-order valence-electron chi connectivity index (χ4n) is 5.64. The number of hydrogen-bond acceptors (Lipinski definition) is 6. The van der Waals surface area contributed by atoms with Gasteiger partial charge < -0.3 is 4.90 Å². The summed E-state index contributed by atoms with van der Waals surface area (Å²) in [6.07, 6.45) is 12.4. The van der Waals surface area contributed by atoms with Gasteiger partial charge in [-0.25, -0.2) is 9.97 Å². The molecule has 0 aromatic carbocycles. The van der Waals surface area contributed by atoms with Crippen molar-refractivity contribution >= 4 is 17.7 Å². The lowest BCUT2D eigenvalue weighted by atomic mass is 9.81. The second-order valence-corrected chi connectivity index (χ2v) is 9.29. The van der Waals surface area contributed by atoms with Crippen molar-refractivity contribution in [2.45, 2.75) is 50.9 Å². The first-order valence-corrected chi connectivity index (χ1v) is 12.0. The molecule has 3 amide bonds. The molecule has 0 bridgehead atoms. The minimum atomic E-state index is -0.153. The highest BCUT2D eigenvalue weighted by Gasteiger charge is 2.47. The molecule has 2 aromatic heterocycles. The molecule has 0 unspecified atom stereocenters. The Bertz CT molecular complexity index is 1010. The minimum Gasteiger partial charge on any atom is -0.343 e. The maximum absolute atomic E-state index is 12.9. The molecule has 2 aliphatic heterocycles. The Balaban J connectivity index is 1.17. The maximum Gasteiger partial charge on any atom is 0.233 e. The molecule has 8 heteroatoms. The second-order valence-electron chi connectivity index (χ2n) is 9.29. The van der Waals surface area contributed by atoms with Crippen molar-refractivity contribution in [3.05, 3.63) is 42.7 Å². The van der Waals surface area contributed by atoms with Crippen LogP contribution in [-0.2, 0) is 14.4 Å². The molecule has 2 saturated heterocycles. The van der Waals surface area contributed by atoms with E-state index in [1.165, 1.54) is 4.90 Å². The van der Waals surface area contributed by atoms with E-state index in [4.69, 9.17) is 0 Å². The quantitative estimate of drug-likeness (QED) is 0.654. The molecule has 1 aliphatic carbocycles. The summed E-state index contributed by atoms with van der Waals surface area (Å²) in [5.41, 5.74) is 3.07. The molecule has 3 fully saturated rings. The van der Waals surface area contributed by atoms with E-state index in [2.05, 4.69) is 15.0 Å². The zero-order valence-electron chi connectivity index (χ0n) is 18.7. The fraction of sp³-hybridized carbons (Fsp3) is 0.520. The molecule has 4 heterocycles. The first-order valence-electron chi connectivity index (χ1n) is 12.0. The Hall–Kier alpha value is -3.16. The summed E-state index contributed by atoms with van der Waals surface area (Å²) in [7, 11) is 0. The van der Waals surface area contributed by atoms with Crippen LogP contribution in [0.1, 0.15) is 56.6 Å². The number of likely N-dealkylation sites (tertiary alicyclic amines) is 2. The molecule has 2 aromatic rings. The van der Waals surface area contributed by atoms with Crippen molar-refractivity contribution in [3.8, 4) is 11.1 Å². The number of rotatable bonds is 5. The maximum atomic E-state index is 12.9. The van der Waals surface area contributed by atoms with Crippen LogP contribution in [0.5, 0.6) is 0 Å². The Morgan fingerprint density at radius 1 is 0.939 bits per heavy atom. The van der Waals surface area contributed by atoms with Crippen LogP contribution in [0.15, 0.2) is 37.1 Å². The number of hydrogen-bond donors (Lipinski definition) is 0. The molecular weight excluding hydrogens is 418 g/mol. The fourth-order valence-corrected chi connectivity index (χ4v) is 5.64. The number of imide groups is 1. The topological polar surface area (TPSA) is 96.4 Å². The van der Waals surface area contributed by atoms with Crippen LogP contribution in [0.4, 0.5) is 0 Å². The molecule has 172 valence electrons. The summed E-state index contributed by atoms with van der Waals surface area (Å²) >= 11 is 0. The van der Waals surface area contributed by atoms with Crippen molar-refractivity contribution in [2.75, 3.05) is 19.6 Å². The molecule has 33 heavy (non-hydrogen) atoms. The van der Waals surface area contributed by atoms with Gasteiger partial charge in [0.05, 0.1) is 17.5 Å². The lowest BCUT2D eigenvalue weighted by molar-refractivity contribution is -0.141. The number of piperidine rings is 1. The van der Waals surface area contributed by atoms with E-state index in [1.54, 1.807) is 18.7 Å². The van der Waals surface area contributed by atoms with E-state index < -0.39 is 0 Å². The zero-order valence-corrected chi connectivity index (χ0v) is 18.7. The summed E-state index contributed by atoms with van der Waals surface area (Å²) < 4.78 is 0. The van der Waals surface area contributed by atoms with Crippen LogP contribution in [-0.4, -0.2) is 62.1 Å². The molecule has 1 saturated carbocycles. The van der Waals surface area contributed by atoms with Gasteiger partial charge in [0.15, 0.2) is 0 Å². The molecular formula is C25H29N5O3. The van der Waals surface area contributed by atoms with E-state index in [0.717, 1.165) is 55.3 Å². The van der Waals surface area contributed by atoms with Crippen molar-refractivity contribution in [1.82, 2.24) is 24.8 Å². The highest BCUT2D eigenvalue weighted by Crippen LogP contribution is 2.38. The summed E-state index contributed by atoms with van der Waals surface area (Å²) in [4.78, 5) is 54.2. The van der Waals surface area contributed by atoms with Gasteiger partial charge in [-0.3, -0.25) is 24.3 Å². The van der Waals surface area contributed by atoms with Gasteiger partial charge in [0.1, 0.15) is 6.33 Å². The van der Waals surface area contributed by atoms with Crippen LogP contribution in [0.25, 0.3) is 11.1 Å². The number of fused-ring (bicyclic) bond motifs is 1. The first kappa shape index (κ1) is 21.7. The standard InChI is InChI=1S/C25H29N5O3/c31-22(9-14-30-24(32)19-3-1-2-4-20(19)25(30)33)29-12-7-18(8-13-29)23-21(15-27-16-28-23)17-5-10-26-11-6-17/h5-6,10-11,15-16,18-20H,1-4,7-9,12-14H2/t19-,20+. The zero-order chi connectivity index (χ0) is 22.8. The van der Waals surface area contributed by atoms with E-state index in [-0.39, 0.29) is 48.4 Å². The van der Waals surface area contributed by atoms with Gasteiger partial charge >= 0.3 is 0 Å². The van der Waals surface area contributed by atoms with E-state index >= 15 is 0 Å². The summed E-state index contributed by atoms with van der Waals surface area (Å²) in [5, 5.41) is 0. The number of nitrogens with zero attached hydrogens (tertiary/aromatic N) is 5. The van der Waals surface area contributed by atoms with Crippen LogP contribution in [0.2, 0.25) is 0 Å². The van der Waals surface area contributed by atoms with Crippen LogP contribution in [0, 0.1) is 11.8 Å². The van der Waals surface area contributed by atoms with Crippen LogP contribution < -0.4 is 0 Å². The number of aromatic nitrogens is 3.